The number of halogens is 1. The van der Waals surface area contributed by atoms with Gasteiger partial charge in [-0.1, -0.05) is 17.7 Å². The average Bonchev–Trinajstić information content (AvgIpc) is 3.22. The Morgan fingerprint density at radius 1 is 1.04 bits per heavy atom. The van der Waals surface area contributed by atoms with Crippen LogP contribution < -0.4 is 0 Å². The summed E-state index contributed by atoms with van der Waals surface area (Å²) in [7, 11) is 0. The van der Waals surface area contributed by atoms with E-state index in [1.54, 1.807) is 12.4 Å². The largest absolute Gasteiger partial charge is 0.414 e. The maximum Gasteiger partial charge on any atom is 0.266 e. The van der Waals surface area contributed by atoms with E-state index in [2.05, 4.69) is 25.1 Å². The SMILES string of the molecule is Cc1cccc(-c2nnc(-c3sc(-c4cccnc4)nc3Cl)o2)n1. The fraction of sp³-hybridized carbons (Fsp3) is 0.0625. The van der Waals surface area contributed by atoms with Crippen LogP contribution in [0.15, 0.2) is 47.1 Å². The molecule has 4 rings (SSSR count). The third-order valence-corrected chi connectivity index (χ3v) is 4.70. The van der Waals surface area contributed by atoms with E-state index in [0.29, 0.717) is 27.5 Å². The molecule has 0 amide bonds. The second kappa shape index (κ2) is 6.10. The van der Waals surface area contributed by atoms with Crippen molar-refractivity contribution in [1.29, 1.82) is 0 Å². The molecule has 118 valence electrons. The predicted octanol–water partition coefficient (Wildman–Crippen LogP) is 4.28. The molecule has 6 nitrogen and oxygen atoms in total. The molecule has 24 heavy (non-hydrogen) atoms. The molecule has 0 spiro atoms. The van der Waals surface area contributed by atoms with Gasteiger partial charge in [0.25, 0.3) is 11.8 Å². The number of aryl methyl sites for hydroxylation is 1. The maximum absolute atomic E-state index is 6.25. The predicted molar refractivity (Wildman–Crippen MR) is 91.6 cm³/mol. The number of pyridine rings is 2. The Hall–Kier alpha value is -2.64. The van der Waals surface area contributed by atoms with Gasteiger partial charge in [0.15, 0.2) is 5.15 Å². The summed E-state index contributed by atoms with van der Waals surface area (Å²) in [6, 6.07) is 9.38. The molecule has 0 aromatic carbocycles. The summed E-state index contributed by atoms with van der Waals surface area (Å²) < 4.78 is 5.73. The van der Waals surface area contributed by atoms with Gasteiger partial charge in [-0.3, -0.25) is 4.98 Å². The molecule has 0 aliphatic carbocycles. The highest BCUT2D eigenvalue weighted by Gasteiger charge is 2.19. The Labute approximate surface area is 146 Å². The molecule has 4 aromatic rings. The van der Waals surface area contributed by atoms with Gasteiger partial charge in [-0.25, -0.2) is 9.97 Å². The minimum Gasteiger partial charge on any atom is -0.414 e. The molecule has 4 aromatic heterocycles. The minimum absolute atomic E-state index is 0.325. The molecule has 0 bridgehead atoms. The Balaban J connectivity index is 1.72. The van der Waals surface area contributed by atoms with E-state index in [-0.39, 0.29) is 0 Å². The number of hydrogen-bond acceptors (Lipinski definition) is 7. The van der Waals surface area contributed by atoms with Gasteiger partial charge >= 0.3 is 0 Å². The Morgan fingerprint density at radius 3 is 2.71 bits per heavy atom. The highest BCUT2D eigenvalue weighted by Crippen LogP contribution is 2.37. The lowest BCUT2D eigenvalue weighted by Gasteiger charge is -1.95. The van der Waals surface area contributed by atoms with Crippen molar-refractivity contribution in [3.05, 3.63) is 53.6 Å². The molecule has 8 heteroatoms. The van der Waals surface area contributed by atoms with Gasteiger partial charge in [0.05, 0.1) is 0 Å². The van der Waals surface area contributed by atoms with Crippen molar-refractivity contribution in [2.75, 3.05) is 0 Å². The summed E-state index contributed by atoms with van der Waals surface area (Å²) >= 11 is 7.62. The molecule has 0 aliphatic rings. The molecular weight excluding hydrogens is 346 g/mol. The number of thiazole rings is 1. The van der Waals surface area contributed by atoms with Gasteiger partial charge < -0.3 is 4.42 Å². The smallest absolute Gasteiger partial charge is 0.266 e. The standard InChI is InChI=1S/C16H10ClN5OS/c1-9-4-2-6-11(19-9)14-21-22-15(23-14)12-13(17)20-16(24-12)10-5-3-7-18-8-10/h2-8H,1H3. The molecule has 0 atom stereocenters. The van der Waals surface area contributed by atoms with Crippen molar-refractivity contribution >= 4 is 22.9 Å². The second-order valence-electron chi connectivity index (χ2n) is 4.96. The lowest BCUT2D eigenvalue weighted by Crippen LogP contribution is -1.85. The highest BCUT2D eigenvalue weighted by molar-refractivity contribution is 7.18. The summed E-state index contributed by atoms with van der Waals surface area (Å²) in [6.45, 7) is 1.90. The van der Waals surface area contributed by atoms with Crippen LogP contribution in [0.5, 0.6) is 0 Å². The van der Waals surface area contributed by atoms with Crippen molar-refractivity contribution in [2.24, 2.45) is 0 Å². The first-order chi connectivity index (χ1) is 11.7. The lowest BCUT2D eigenvalue weighted by molar-refractivity contribution is 0.583. The summed E-state index contributed by atoms with van der Waals surface area (Å²) in [5.74, 6) is 0.673. The van der Waals surface area contributed by atoms with E-state index in [0.717, 1.165) is 16.3 Å². The van der Waals surface area contributed by atoms with E-state index in [1.165, 1.54) is 11.3 Å². The molecule has 4 heterocycles. The summed E-state index contributed by atoms with van der Waals surface area (Å²) in [6.07, 6.45) is 3.44. The Morgan fingerprint density at radius 2 is 1.92 bits per heavy atom. The third kappa shape index (κ3) is 2.79. The first-order valence-electron chi connectivity index (χ1n) is 7.05. The monoisotopic (exact) mass is 355 g/mol. The Kier molecular flexibility index (Phi) is 3.79. The number of rotatable bonds is 3. The van der Waals surface area contributed by atoms with Gasteiger partial charge in [0.2, 0.25) is 0 Å². The summed E-state index contributed by atoms with van der Waals surface area (Å²) in [4.78, 5) is 13.4. The van der Waals surface area contributed by atoms with Gasteiger partial charge in [-0.05, 0) is 31.2 Å². The minimum atomic E-state index is 0.325. The van der Waals surface area contributed by atoms with Gasteiger partial charge in [-0.15, -0.1) is 21.5 Å². The zero-order chi connectivity index (χ0) is 16.5. The molecule has 0 unspecified atom stereocenters. The first-order valence-corrected chi connectivity index (χ1v) is 8.25. The molecule has 0 radical (unpaired) electrons. The number of aromatic nitrogens is 5. The molecule has 0 saturated heterocycles. The van der Waals surface area contributed by atoms with Crippen LogP contribution in [0.3, 0.4) is 0 Å². The van der Waals surface area contributed by atoms with E-state index in [9.17, 15) is 0 Å². The topological polar surface area (TPSA) is 77.6 Å². The van der Waals surface area contributed by atoms with E-state index in [4.69, 9.17) is 16.0 Å². The fourth-order valence-corrected chi connectivity index (χ4v) is 3.33. The van der Waals surface area contributed by atoms with Crippen LogP contribution in [-0.2, 0) is 0 Å². The average molecular weight is 356 g/mol. The first kappa shape index (κ1) is 14.9. The van der Waals surface area contributed by atoms with Gasteiger partial charge in [0.1, 0.15) is 15.6 Å². The molecule has 0 fully saturated rings. The lowest BCUT2D eigenvalue weighted by atomic mass is 10.3. The van der Waals surface area contributed by atoms with Crippen molar-refractivity contribution < 1.29 is 4.42 Å². The highest BCUT2D eigenvalue weighted by atomic mass is 35.5. The fourth-order valence-electron chi connectivity index (χ4n) is 2.13. The molecule has 0 saturated carbocycles. The van der Waals surface area contributed by atoms with Crippen molar-refractivity contribution in [3.8, 4) is 32.9 Å². The third-order valence-electron chi connectivity index (χ3n) is 3.22. The second-order valence-corrected chi connectivity index (χ2v) is 6.31. The van der Waals surface area contributed by atoms with Gasteiger partial charge in [0, 0.05) is 23.7 Å². The zero-order valence-corrected chi connectivity index (χ0v) is 14.0. The van der Waals surface area contributed by atoms with E-state index < -0.39 is 0 Å². The van der Waals surface area contributed by atoms with Gasteiger partial charge in [-0.2, -0.15) is 0 Å². The molecular formula is C16H10ClN5OS. The molecule has 0 N–H and O–H groups in total. The van der Waals surface area contributed by atoms with Crippen LogP contribution >= 0.6 is 22.9 Å². The van der Waals surface area contributed by atoms with Crippen molar-refractivity contribution in [2.45, 2.75) is 6.92 Å². The van der Waals surface area contributed by atoms with E-state index >= 15 is 0 Å². The van der Waals surface area contributed by atoms with Crippen LogP contribution in [0, 0.1) is 6.92 Å². The van der Waals surface area contributed by atoms with Crippen molar-refractivity contribution in [1.82, 2.24) is 25.1 Å². The Bertz CT molecular complexity index is 999. The molecule has 0 aliphatic heterocycles. The van der Waals surface area contributed by atoms with Crippen LogP contribution in [0.1, 0.15) is 5.69 Å². The normalized spacial score (nSPS) is 10.9. The van der Waals surface area contributed by atoms with Crippen molar-refractivity contribution in [3.63, 3.8) is 0 Å². The number of hydrogen-bond donors (Lipinski definition) is 0. The van der Waals surface area contributed by atoms with Crippen LogP contribution in [0.4, 0.5) is 0 Å². The number of nitrogens with zero attached hydrogens (tertiary/aromatic N) is 5. The van der Waals surface area contributed by atoms with Crippen LogP contribution in [-0.4, -0.2) is 25.1 Å². The van der Waals surface area contributed by atoms with Crippen LogP contribution in [0.2, 0.25) is 5.15 Å². The maximum atomic E-state index is 6.25. The summed E-state index contributed by atoms with van der Waals surface area (Å²) in [5.41, 5.74) is 2.39. The van der Waals surface area contributed by atoms with Crippen LogP contribution in [0.25, 0.3) is 32.9 Å². The van der Waals surface area contributed by atoms with E-state index in [1.807, 2.05) is 37.3 Å². The summed E-state index contributed by atoms with van der Waals surface area (Å²) in [5, 5.41) is 9.20. The quantitative estimate of drug-likeness (QED) is 0.546. The zero-order valence-electron chi connectivity index (χ0n) is 12.5.